The number of nitrogens with one attached hydrogen (secondary N) is 1. The van der Waals surface area contributed by atoms with Gasteiger partial charge in [-0.05, 0) is 38.2 Å². The van der Waals surface area contributed by atoms with Gasteiger partial charge in [0.1, 0.15) is 5.69 Å². The van der Waals surface area contributed by atoms with Crippen molar-refractivity contribution in [3.63, 3.8) is 0 Å². The summed E-state index contributed by atoms with van der Waals surface area (Å²) in [5, 5.41) is 6.06. The molecule has 26 heavy (non-hydrogen) atoms. The van der Waals surface area contributed by atoms with Gasteiger partial charge in [-0.2, -0.15) is 0 Å². The average Bonchev–Trinajstić information content (AvgIpc) is 3.27. The highest BCUT2D eigenvalue weighted by molar-refractivity contribution is 7.09. The zero-order valence-electron chi connectivity index (χ0n) is 15.3. The van der Waals surface area contributed by atoms with Crippen molar-refractivity contribution in [3.05, 3.63) is 51.5 Å². The molecule has 1 amide bonds. The molecule has 2 fully saturated rings. The fraction of sp³-hybridized carbons (Fsp3) is 0.524. The predicted octanol–water partition coefficient (Wildman–Crippen LogP) is 4.26. The van der Waals surface area contributed by atoms with Gasteiger partial charge in [-0.15, -0.1) is 11.3 Å². The normalized spacial score (nSPS) is 21.8. The summed E-state index contributed by atoms with van der Waals surface area (Å²) in [6, 6.07) is 8.68. The summed E-state index contributed by atoms with van der Waals surface area (Å²) in [5.74, 6) is -0.0450. The van der Waals surface area contributed by atoms with Crippen molar-refractivity contribution in [2.45, 2.75) is 63.5 Å². The van der Waals surface area contributed by atoms with E-state index in [0.29, 0.717) is 5.69 Å². The summed E-state index contributed by atoms with van der Waals surface area (Å²) in [6.07, 6.45) is 7.38. The molecule has 4 rings (SSSR count). The summed E-state index contributed by atoms with van der Waals surface area (Å²) >= 11 is 1.56. The van der Waals surface area contributed by atoms with Crippen LogP contribution in [0.4, 0.5) is 0 Å². The minimum atomic E-state index is -0.0450. The molecule has 1 saturated heterocycles. The molecular formula is C21H26N2O2S. The fourth-order valence-electron chi connectivity index (χ4n) is 4.15. The lowest BCUT2D eigenvalue weighted by molar-refractivity contribution is -0.0823. The Morgan fingerprint density at radius 3 is 2.85 bits per heavy atom. The maximum atomic E-state index is 12.6. The Bertz CT molecular complexity index is 763. The van der Waals surface area contributed by atoms with E-state index < -0.39 is 0 Å². The Hall–Kier alpha value is -1.72. The number of ether oxygens (including phenoxy) is 1. The molecule has 0 radical (unpaired) electrons. The van der Waals surface area contributed by atoms with E-state index >= 15 is 0 Å². The summed E-state index contributed by atoms with van der Waals surface area (Å²) in [4.78, 5) is 17.2. The standard InChI is InChI=1S/C21H26N2O2S/c1-15-4-6-16(7-5-15)12-19-23-18(14-26-19)20(24)22-17-8-11-25-21(13-17)9-2-3-10-21/h4-7,14,17H,2-3,8-13H2,1H3,(H,22,24). The molecule has 1 saturated carbocycles. The van der Waals surface area contributed by atoms with Crippen LogP contribution in [0.15, 0.2) is 29.6 Å². The van der Waals surface area contributed by atoms with Crippen molar-refractivity contribution < 1.29 is 9.53 Å². The van der Waals surface area contributed by atoms with E-state index in [4.69, 9.17) is 4.74 Å². The lowest BCUT2D eigenvalue weighted by Crippen LogP contribution is -2.47. The molecule has 0 bridgehead atoms. The Morgan fingerprint density at radius 1 is 1.31 bits per heavy atom. The van der Waals surface area contributed by atoms with E-state index in [1.807, 2.05) is 5.38 Å². The van der Waals surface area contributed by atoms with Crippen LogP contribution < -0.4 is 5.32 Å². The van der Waals surface area contributed by atoms with E-state index in [1.165, 1.54) is 24.0 Å². The van der Waals surface area contributed by atoms with E-state index in [-0.39, 0.29) is 17.6 Å². The SMILES string of the molecule is Cc1ccc(Cc2nc(C(=O)NC3CCOC4(CCCC4)C3)cs2)cc1. The molecule has 2 aromatic rings. The maximum Gasteiger partial charge on any atom is 0.270 e. The third kappa shape index (κ3) is 3.99. The van der Waals surface area contributed by atoms with E-state index in [0.717, 1.165) is 43.7 Å². The number of carbonyl (C=O) groups is 1. The van der Waals surface area contributed by atoms with Crippen LogP contribution in [0.1, 0.15) is 65.1 Å². The van der Waals surface area contributed by atoms with Crippen LogP contribution in [-0.4, -0.2) is 29.1 Å². The summed E-state index contributed by atoms with van der Waals surface area (Å²) in [5.41, 5.74) is 3.05. The van der Waals surface area contributed by atoms with Gasteiger partial charge >= 0.3 is 0 Å². The highest BCUT2D eigenvalue weighted by Crippen LogP contribution is 2.40. The van der Waals surface area contributed by atoms with Crippen molar-refractivity contribution >= 4 is 17.2 Å². The van der Waals surface area contributed by atoms with Gasteiger partial charge in [0.2, 0.25) is 0 Å². The van der Waals surface area contributed by atoms with Crippen LogP contribution in [0, 0.1) is 6.92 Å². The lowest BCUT2D eigenvalue weighted by Gasteiger charge is -2.38. The number of rotatable bonds is 4. The number of amides is 1. The zero-order chi connectivity index (χ0) is 18.0. The first-order valence-corrected chi connectivity index (χ1v) is 10.4. The van der Waals surface area contributed by atoms with Gasteiger partial charge in [-0.3, -0.25) is 4.79 Å². The number of hydrogen-bond acceptors (Lipinski definition) is 4. The molecule has 1 aromatic carbocycles. The smallest absolute Gasteiger partial charge is 0.270 e. The number of carbonyl (C=O) groups excluding carboxylic acids is 1. The highest BCUT2D eigenvalue weighted by atomic mass is 32.1. The van der Waals surface area contributed by atoms with Crippen LogP contribution in [0.5, 0.6) is 0 Å². The van der Waals surface area contributed by atoms with Crippen molar-refractivity contribution in [2.24, 2.45) is 0 Å². The summed E-state index contributed by atoms with van der Waals surface area (Å²) < 4.78 is 6.06. The topological polar surface area (TPSA) is 51.2 Å². The molecule has 2 aliphatic rings. The number of thiazole rings is 1. The molecule has 4 nitrogen and oxygen atoms in total. The average molecular weight is 371 g/mol. The van der Waals surface area contributed by atoms with E-state index in [2.05, 4.69) is 41.5 Å². The van der Waals surface area contributed by atoms with Crippen LogP contribution in [-0.2, 0) is 11.2 Å². The quantitative estimate of drug-likeness (QED) is 0.875. The van der Waals surface area contributed by atoms with Gasteiger partial charge in [-0.25, -0.2) is 4.98 Å². The highest BCUT2D eigenvalue weighted by Gasteiger charge is 2.40. The number of benzene rings is 1. The van der Waals surface area contributed by atoms with Crippen molar-refractivity contribution in [1.29, 1.82) is 0 Å². The van der Waals surface area contributed by atoms with Crippen LogP contribution in [0.3, 0.4) is 0 Å². The molecular weight excluding hydrogens is 344 g/mol. The largest absolute Gasteiger partial charge is 0.375 e. The first kappa shape index (κ1) is 17.7. The van der Waals surface area contributed by atoms with E-state index in [9.17, 15) is 4.79 Å². The third-order valence-electron chi connectivity index (χ3n) is 5.60. The Labute approximate surface area is 159 Å². The van der Waals surface area contributed by atoms with E-state index in [1.54, 1.807) is 11.3 Å². The molecule has 1 N–H and O–H groups in total. The van der Waals surface area contributed by atoms with Gasteiger partial charge in [0.15, 0.2) is 0 Å². The molecule has 1 aromatic heterocycles. The number of aromatic nitrogens is 1. The Balaban J connectivity index is 1.36. The molecule has 1 atom stereocenters. The van der Waals surface area contributed by atoms with Gasteiger partial charge in [0, 0.05) is 24.4 Å². The van der Waals surface area contributed by atoms with Gasteiger partial charge in [-0.1, -0.05) is 42.7 Å². The molecule has 5 heteroatoms. The first-order chi connectivity index (χ1) is 12.6. The lowest BCUT2D eigenvalue weighted by atomic mass is 9.89. The predicted molar refractivity (Wildman–Crippen MR) is 104 cm³/mol. The molecule has 1 spiro atoms. The number of hydrogen-bond donors (Lipinski definition) is 1. The zero-order valence-corrected chi connectivity index (χ0v) is 16.1. The van der Waals surface area contributed by atoms with Gasteiger partial charge in [0.25, 0.3) is 5.91 Å². The second-order valence-electron chi connectivity index (χ2n) is 7.69. The van der Waals surface area contributed by atoms with Gasteiger partial charge in [0.05, 0.1) is 10.6 Å². The summed E-state index contributed by atoms with van der Waals surface area (Å²) in [7, 11) is 0. The monoisotopic (exact) mass is 370 g/mol. The second-order valence-corrected chi connectivity index (χ2v) is 8.63. The third-order valence-corrected chi connectivity index (χ3v) is 6.45. The van der Waals surface area contributed by atoms with Crippen molar-refractivity contribution in [1.82, 2.24) is 10.3 Å². The minimum Gasteiger partial charge on any atom is -0.375 e. The van der Waals surface area contributed by atoms with Gasteiger partial charge < -0.3 is 10.1 Å². The maximum absolute atomic E-state index is 12.6. The fourth-order valence-corrected chi connectivity index (χ4v) is 4.96. The molecule has 1 aliphatic heterocycles. The van der Waals surface area contributed by atoms with Crippen LogP contribution >= 0.6 is 11.3 Å². The molecule has 1 unspecified atom stereocenters. The van der Waals surface area contributed by atoms with Crippen LogP contribution in [0.25, 0.3) is 0 Å². The number of nitrogens with zero attached hydrogens (tertiary/aromatic N) is 1. The number of aryl methyl sites for hydroxylation is 1. The Kier molecular flexibility index (Phi) is 5.09. The second kappa shape index (κ2) is 7.49. The first-order valence-electron chi connectivity index (χ1n) is 9.57. The molecule has 2 heterocycles. The van der Waals surface area contributed by atoms with Crippen LogP contribution in [0.2, 0.25) is 0 Å². The molecule has 1 aliphatic carbocycles. The van der Waals surface area contributed by atoms with Crippen molar-refractivity contribution in [3.8, 4) is 0 Å². The van der Waals surface area contributed by atoms with Crippen molar-refractivity contribution in [2.75, 3.05) is 6.61 Å². The summed E-state index contributed by atoms with van der Waals surface area (Å²) in [6.45, 7) is 2.84. The molecule has 138 valence electrons. The Morgan fingerprint density at radius 2 is 2.08 bits per heavy atom. The minimum absolute atomic E-state index is 0.0227.